The molecular weight excluding hydrogens is 408 g/mol. The highest BCUT2D eigenvalue weighted by Crippen LogP contribution is 2.59. The number of ether oxygens (including phenoxy) is 1. The molecule has 0 unspecified atom stereocenters. The van der Waals surface area contributed by atoms with Gasteiger partial charge in [-0.05, 0) is 67.0 Å². The molecule has 3 nitrogen and oxygen atoms in total. The zero-order valence-electron chi connectivity index (χ0n) is 18.5. The summed E-state index contributed by atoms with van der Waals surface area (Å²) in [4.78, 5) is 13.6. The van der Waals surface area contributed by atoms with E-state index in [2.05, 4.69) is 45.0 Å². The molecule has 2 saturated heterocycles. The number of aliphatic hydroxyl groups excluding tert-OH is 1. The smallest absolute Gasteiger partial charge is 0.173 e. The first-order valence-corrected chi connectivity index (χ1v) is 11.7. The lowest BCUT2D eigenvalue weighted by Crippen LogP contribution is -2.33. The second-order valence-electron chi connectivity index (χ2n) is 9.35. The Morgan fingerprint density at radius 2 is 1.71 bits per heavy atom. The summed E-state index contributed by atoms with van der Waals surface area (Å²) in [5.41, 5.74) is 7.15. The number of allylic oxidation sites excluding steroid dienone is 1. The highest BCUT2D eigenvalue weighted by Gasteiger charge is 2.62. The number of Topliss-reactive ketones (excluding diaryl/α,β-unsaturated/α-hetero) is 1. The number of carbonyl (C=O) groups excluding carboxylic acids is 1. The molecule has 3 aliphatic rings. The average molecular weight is 437 g/mol. The van der Waals surface area contributed by atoms with Gasteiger partial charge in [0, 0.05) is 10.9 Å². The molecule has 2 bridgehead atoms. The predicted molar refractivity (Wildman–Crippen MR) is 124 cm³/mol. The fourth-order valence-electron chi connectivity index (χ4n) is 6.16. The number of ketones is 1. The minimum absolute atomic E-state index is 0.0525. The van der Waals surface area contributed by atoms with Crippen LogP contribution in [0.2, 0.25) is 5.02 Å². The van der Waals surface area contributed by atoms with Crippen molar-refractivity contribution in [3.63, 3.8) is 0 Å². The van der Waals surface area contributed by atoms with Gasteiger partial charge in [0.25, 0.3) is 0 Å². The molecule has 1 aliphatic carbocycles. The molecule has 5 rings (SSSR count). The van der Waals surface area contributed by atoms with Gasteiger partial charge < -0.3 is 9.84 Å². The number of carbonyl (C=O) groups is 1. The number of hydrogen-bond acceptors (Lipinski definition) is 3. The molecule has 0 radical (unpaired) electrons. The molecule has 2 fully saturated rings. The molecule has 2 aliphatic heterocycles. The van der Waals surface area contributed by atoms with Crippen LogP contribution >= 0.6 is 11.6 Å². The van der Waals surface area contributed by atoms with Gasteiger partial charge in [-0.15, -0.1) is 0 Å². The summed E-state index contributed by atoms with van der Waals surface area (Å²) in [6.45, 7) is 8.33. The Bertz CT molecular complexity index is 1090. The van der Waals surface area contributed by atoms with E-state index in [1.165, 1.54) is 5.56 Å². The first-order valence-electron chi connectivity index (χ1n) is 11.4. The van der Waals surface area contributed by atoms with Crippen LogP contribution in [0.25, 0.3) is 5.57 Å². The maximum Gasteiger partial charge on any atom is 0.173 e. The summed E-state index contributed by atoms with van der Waals surface area (Å²) in [7, 11) is 0. The number of aryl methyl sites for hydroxylation is 4. The lowest BCUT2D eigenvalue weighted by atomic mass is 9.72. The number of hydrogen-bond donors (Lipinski definition) is 1. The molecule has 0 aromatic heterocycles. The lowest BCUT2D eigenvalue weighted by molar-refractivity contribution is -0.118. The molecule has 1 N–H and O–H groups in total. The van der Waals surface area contributed by atoms with E-state index in [-0.39, 0.29) is 41.5 Å². The molecule has 0 spiro atoms. The summed E-state index contributed by atoms with van der Waals surface area (Å²) in [6, 6.07) is 10.4. The molecule has 4 heteroatoms. The van der Waals surface area contributed by atoms with Crippen molar-refractivity contribution in [1.82, 2.24) is 0 Å². The number of halogens is 1. The fraction of sp³-hybridized carbons (Fsp3) is 0.444. The van der Waals surface area contributed by atoms with Gasteiger partial charge in [0.05, 0.1) is 29.6 Å². The summed E-state index contributed by atoms with van der Waals surface area (Å²) < 4.78 is 6.28. The molecule has 2 heterocycles. The van der Waals surface area contributed by atoms with Crippen LogP contribution in [0.4, 0.5) is 0 Å². The lowest BCUT2D eigenvalue weighted by Gasteiger charge is -2.28. The van der Waals surface area contributed by atoms with Crippen molar-refractivity contribution in [3.8, 4) is 0 Å². The molecular formula is C27H29ClO3. The number of benzene rings is 2. The minimum atomic E-state index is -0.281. The third-order valence-electron chi connectivity index (χ3n) is 7.49. The van der Waals surface area contributed by atoms with Gasteiger partial charge in [-0.3, -0.25) is 4.79 Å². The van der Waals surface area contributed by atoms with Crippen LogP contribution in [0.15, 0.2) is 36.1 Å². The van der Waals surface area contributed by atoms with Crippen LogP contribution in [0.5, 0.6) is 0 Å². The van der Waals surface area contributed by atoms with Crippen LogP contribution in [0.3, 0.4) is 0 Å². The maximum absolute atomic E-state index is 13.6. The van der Waals surface area contributed by atoms with Crippen molar-refractivity contribution in [1.29, 1.82) is 0 Å². The van der Waals surface area contributed by atoms with Crippen LogP contribution in [0, 0.1) is 25.7 Å². The summed E-state index contributed by atoms with van der Waals surface area (Å²) in [6.07, 6.45) is 2.06. The molecule has 2 aromatic rings. The molecule has 162 valence electrons. The number of fused-ring (bicyclic) bond motifs is 5. The van der Waals surface area contributed by atoms with Gasteiger partial charge in [0.2, 0.25) is 0 Å². The Kier molecular flexibility index (Phi) is 5.02. The van der Waals surface area contributed by atoms with E-state index in [0.29, 0.717) is 5.57 Å². The first kappa shape index (κ1) is 20.8. The Morgan fingerprint density at radius 1 is 1.03 bits per heavy atom. The van der Waals surface area contributed by atoms with Crippen LogP contribution in [0.1, 0.15) is 59.6 Å². The van der Waals surface area contributed by atoms with E-state index in [1.54, 1.807) is 0 Å². The standard InChI is InChI=1S/C27H29ClO3/c1-5-15-9-14(4)10-16(6-2)21(15)23-25(29)22-20-12-18(27(31-20)24(22)26(23)30)17-8-7-13(3)11-19(17)28/h7-11,18,20,22,24,27,30H,5-6,12H2,1-4H3/t18-,20-,22-,24+,27+/m0/s1. The topological polar surface area (TPSA) is 46.5 Å². The summed E-state index contributed by atoms with van der Waals surface area (Å²) >= 11 is 6.58. The average Bonchev–Trinajstić information content (AvgIpc) is 3.39. The second kappa shape index (κ2) is 7.50. The van der Waals surface area contributed by atoms with Crippen LogP contribution in [-0.2, 0) is 22.4 Å². The maximum atomic E-state index is 13.6. The van der Waals surface area contributed by atoms with Gasteiger partial charge in [0.15, 0.2) is 5.78 Å². The zero-order chi connectivity index (χ0) is 22.0. The third-order valence-corrected chi connectivity index (χ3v) is 7.82. The van der Waals surface area contributed by atoms with Crippen molar-refractivity contribution in [3.05, 3.63) is 74.5 Å². The Morgan fingerprint density at radius 3 is 2.32 bits per heavy atom. The van der Waals surface area contributed by atoms with Crippen LogP contribution < -0.4 is 0 Å². The predicted octanol–water partition coefficient (Wildman–Crippen LogP) is 6.12. The Hall–Kier alpha value is -2.10. The summed E-state index contributed by atoms with van der Waals surface area (Å²) in [5.74, 6) is -0.182. The molecule has 5 atom stereocenters. The SMILES string of the molecule is CCc1cc(C)cc(CC)c1C1=C(O)[C@@H]2[C@@H]3O[C@@H](C[C@H]3c3ccc(C)cc3Cl)[C@@H]2C1=O. The van der Waals surface area contributed by atoms with Crippen LogP contribution in [-0.4, -0.2) is 23.1 Å². The van der Waals surface area contributed by atoms with E-state index >= 15 is 0 Å². The van der Waals surface area contributed by atoms with E-state index < -0.39 is 0 Å². The van der Waals surface area contributed by atoms with Gasteiger partial charge in [0.1, 0.15) is 5.76 Å². The monoisotopic (exact) mass is 436 g/mol. The first-order chi connectivity index (χ1) is 14.8. The van der Waals surface area contributed by atoms with E-state index in [9.17, 15) is 9.90 Å². The van der Waals surface area contributed by atoms with Crippen molar-refractivity contribution < 1.29 is 14.6 Å². The molecule has 2 aromatic carbocycles. The van der Waals surface area contributed by atoms with Gasteiger partial charge in [-0.1, -0.05) is 55.3 Å². The van der Waals surface area contributed by atoms with Crippen molar-refractivity contribution in [2.24, 2.45) is 11.8 Å². The fourth-order valence-corrected chi connectivity index (χ4v) is 6.54. The van der Waals surface area contributed by atoms with Crippen molar-refractivity contribution in [2.75, 3.05) is 0 Å². The normalized spacial score (nSPS) is 29.2. The summed E-state index contributed by atoms with van der Waals surface area (Å²) in [5, 5.41) is 12.2. The van der Waals surface area contributed by atoms with Gasteiger partial charge >= 0.3 is 0 Å². The van der Waals surface area contributed by atoms with Gasteiger partial charge in [-0.25, -0.2) is 0 Å². The minimum Gasteiger partial charge on any atom is -0.511 e. The number of aliphatic hydroxyl groups is 1. The molecule has 31 heavy (non-hydrogen) atoms. The number of rotatable bonds is 4. The third kappa shape index (κ3) is 3.01. The second-order valence-corrected chi connectivity index (χ2v) is 9.75. The highest BCUT2D eigenvalue weighted by atomic mass is 35.5. The molecule has 0 saturated carbocycles. The zero-order valence-corrected chi connectivity index (χ0v) is 19.3. The van der Waals surface area contributed by atoms with Crippen molar-refractivity contribution in [2.45, 2.75) is 65.1 Å². The van der Waals surface area contributed by atoms with E-state index in [1.807, 2.05) is 13.0 Å². The quantitative estimate of drug-likeness (QED) is 0.627. The van der Waals surface area contributed by atoms with E-state index in [4.69, 9.17) is 16.3 Å². The highest BCUT2D eigenvalue weighted by molar-refractivity contribution is 6.31. The molecule has 0 amide bonds. The Labute approximate surface area is 189 Å². The van der Waals surface area contributed by atoms with Crippen molar-refractivity contribution >= 4 is 23.0 Å². The largest absolute Gasteiger partial charge is 0.511 e. The van der Waals surface area contributed by atoms with Gasteiger partial charge in [-0.2, -0.15) is 0 Å². The van der Waals surface area contributed by atoms with E-state index in [0.717, 1.165) is 52.1 Å². The Balaban J connectivity index is 1.60.